The van der Waals surface area contributed by atoms with E-state index in [2.05, 4.69) is 0 Å². The largest absolute Gasteiger partial charge is 0.493 e. The summed E-state index contributed by atoms with van der Waals surface area (Å²) in [6.45, 7) is 4.87. The number of ether oxygens (including phenoxy) is 1. The Morgan fingerprint density at radius 3 is 2.76 bits per heavy atom. The van der Waals surface area contributed by atoms with Crippen LogP contribution in [0.1, 0.15) is 17.5 Å². The van der Waals surface area contributed by atoms with Gasteiger partial charge in [0, 0.05) is 11.6 Å². The molecular weight excluding hydrogens is 342 g/mol. The van der Waals surface area contributed by atoms with Crippen molar-refractivity contribution in [3.8, 4) is 5.75 Å². The first-order valence-electron chi connectivity index (χ1n) is 7.99. The Hall–Kier alpha value is -2.53. The Labute approximate surface area is 149 Å². The van der Waals surface area contributed by atoms with Crippen molar-refractivity contribution in [1.82, 2.24) is 4.57 Å². The first kappa shape index (κ1) is 17.3. The lowest BCUT2D eigenvalue weighted by Crippen LogP contribution is -2.25. The number of fused-ring (bicyclic) bond motifs is 1. The lowest BCUT2D eigenvalue weighted by atomic mass is 10.1. The second-order valence-corrected chi connectivity index (χ2v) is 6.31. The van der Waals surface area contributed by atoms with Gasteiger partial charge in [-0.05, 0) is 55.7 Å². The maximum atomic E-state index is 12.0. The summed E-state index contributed by atoms with van der Waals surface area (Å²) in [5.41, 5.74) is 2.11. The molecule has 2 aromatic carbocycles. The molecule has 0 aliphatic heterocycles. The van der Waals surface area contributed by atoms with Crippen LogP contribution in [0.2, 0.25) is 5.02 Å². The van der Waals surface area contributed by atoms with Gasteiger partial charge in [0.25, 0.3) is 0 Å². The van der Waals surface area contributed by atoms with E-state index in [0.29, 0.717) is 35.5 Å². The van der Waals surface area contributed by atoms with Crippen LogP contribution >= 0.6 is 11.6 Å². The fraction of sp³-hybridized carbons (Fsp3) is 0.263. The van der Waals surface area contributed by atoms with E-state index in [1.165, 1.54) is 16.2 Å². The molecule has 1 heterocycles. The third kappa shape index (κ3) is 3.61. The molecule has 1 aromatic heterocycles. The summed E-state index contributed by atoms with van der Waals surface area (Å²) < 4.78 is 12.0. The number of aryl methyl sites for hydroxylation is 2. The van der Waals surface area contributed by atoms with Crippen LogP contribution < -0.4 is 16.1 Å². The topological polar surface area (TPSA) is 61.4 Å². The van der Waals surface area contributed by atoms with Crippen LogP contribution in [0.15, 0.2) is 50.4 Å². The summed E-state index contributed by atoms with van der Waals surface area (Å²) in [5.74, 6) is 0.162. The Balaban J connectivity index is 1.77. The number of rotatable bonds is 5. The minimum Gasteiger partial charge on any atom is -0.493 e. The van der Waals surface area contributed by atoms with Gasteiger partial charge in [-0.1, -0.05) is 23.7 Å². The van der Waals surface area contributed by atoms with E-state index >= 15 is 0 Å². The standard InChI is InChI=1S/C19H18ClNO4/c1-12-5-3-6-17(13(12)2)24-10-4-9-21-16-8-7-14(20)11-15(16)18(22)25-19(21)23/h3,5-8,11H,4,9-10H2,1-2H3. The molecule has 0 atom stereocenters. The van der Waals surface area contributed by atoms with Crippen molar-refractivity contribution in [1.29, 1.82) is 0 Å². The number of benzene rings is 2. The second kappa shape index (κ2) is 7.15. The maximum Gasteiger partial charge on any atom is 0.422 e. The Bertz CT molecular complexity index is 1040. The van der Waals surface area contributed by atoms with E-state index in [1.54, 1.807) is 12.1 Å². The SMILES string of the molecule is Cc1cccc(OCCCn2c(=O)oc(=O)c3cc(Cl)ccc32)c1C. The molecule has 0 bridgehead atoms. The van der Waals surface area contributed by atoms with Crippen LogP contribution in [-0.2, 0) is 6.54 Å². The number of hydrogen-bond acceptors (Lipinski definition) is 4. The second-order valence-electron chi connectivity index (χ2n) is 5.87. The lowest BCUT2D eigenvalue weighted by molar-refractivity contribution is 0.294. The van der Waals surface area contributed by atoms with Crippen LogP contribution in [0.4, 0.5) is 0 Å². The number of nitrogens with zero attached hydrogens (tertiary/aromatic N) is 1. The van der Waals surface area contributed by atoms with Crippen LogP contribution in [0.5, 0.6) is 5.75 Å². The minimum atomic E-state index is -0.676. The quantitative estimate of drug-likeness (QED) is 0.652. The van der Waals surface area contributed by atoms with Crippen LogP contribution in [0, 0.1) is 13.8 Å². The molecule has 5 nitrogen and oxygen atoms in total. The molecule has 0 aliphatic carbocycles. The molecule has 0 fully saturated rings. The zero-order valence-electron chi connectivity index (χ0n) is 14.0. The van der Waals surface area contributed by atoms with Crippen molar-refractivity contribution in [2.24, 2.45) is 0 Å². The zero-order valence-corrected chi connectivity index (χ0v) is 14.8. The first-order chi connectivity index (χ1) is 12.0. The van der Waals surface area contributed by atoms with E-state index in [4.69, 9.17) is 20.8 Å². The lowest BCUT2D eigenvalue weighted by Gasteiger charge is -2.12. The molecule has 0 unspecified atom stereocenters. The molecule has 0 N–H and O–H groups in total. The highest BCUT2D eigenvalue weighted by atomic mass is 35.5. The average Bonchev–Trinajstić information content (AvgIpc) is 2.58. The summed E-state index contributed by atoms with van der Waals surface area (Å²) in [4.78, 5) is 23.8. The maximum absolute atomic E-state index is 12.0. The molecule has 6 heteroatoms. The predicted molar refractivity (Wildman–Crippen MR) is 97.8 cm³/mol. The fourth-order valence-corrected chi connectivity index (χ4v) is 2.86. The van der Waals surface area contributed by atoms with Gasteiger partial charge >= 0.3 is 11.4 Å². The van der Waals surface area contributed by atoms with Gasteiger partial charge in [-0.3, -0.25) is 4.57 Å². The van der Waals surface area contributed by atoms with Gasteiger partial charge in [0.05, 0.1) is 17.5 Å². The predicted octanol–water partition coefficient (Wildman–Crippen LogP) is 3.69. The van der Waals surface area contributed by atoms with Crippen molar-refractivity contribution in [2.75, 3.05) is 6.61 Å². The van der Waals surface area contributed by atoms with Crippen molar-refractivity contribution in [3.63, 3.8) is 0 Å². The third-order valence-electron chi connectivity index (χ3n) is 4.21. The molecule has 3 aromatic rings. The average molecular weight is 360 g/mol. The number of hydrogen-bond donors (Lipinski definition) is 0. The first-order valence-corrected chi connectivity index (χ1v) is 8.37. The van der Waals surface area contributed by atoms with Gasteiger partial charge in [0.2, 0.25) is 0 Å². The van der Waals surface area contributed by atoms with E-state index < -0.39 is 11.4 Å². The van der Waals surface area contributed by atoms with E-state index in [0.717, 1.165) is 11.3 Å². The summed E-state index contributed by atoms with van der Waals surface area (Å²) in [7, 11) is 0. The van der Waals surface area contributed by atoms with Crippen molar-refractivity contribution in [3.05, 3.63) is 73.5 Å². The normalized spacial score (nSPS) is 11.0. The molecule has 0 aliphatic rings. The monoisotopic (exact) mass is 359 g/mol. The van der Waals surface area contributed by atoms with E-state index in [1.807, 2.05) is 32.0 Å². The van der Waals surface area contributed by atoms with Crippen LogP contribution in [0.3, 0.4) is 0 Å². The molecule has 0 saturated carbocycles. The number of halogens is 1. The van der Waals surface area contributed by atoms with Gasteiger partial charge in [0.15, 0.2) is 0 Å². The van der Waals surface area contributed by atoms with E-state index in [-0.39, 0.29) is 0 Å². The van der Waals surface area contributed by atoms with Crippen molar-refractivity contribution in [2.45, 2.75) is 26.8 Å². The molecule has 3 rings (SSSR count). The summed E-state index contributed by atoms with van der Waals surface area (Å²) in [6.07, 6.45) is 0.596. The molecule has 25 heavy (non-hydrogen) atoms. The van der Waals surface area contributed by atoms with Gasteiger partial charge in [-0.2, -0.15) is 0 Å². The fourth-order valence-electron chi connectivity index (χ4n) is 2.69. The molecule has 0 amide bonds. The smallest absolute Gasteiger partial charge is 0.422 e. The summed E-state index contributed by atoms with van der Waals surface area (Å²) >= 11 is 5.92. The molecule has 130 valence electrons. The van der Waals surface area contributed by atoms with Crippen molar-refractivity contribution < 1.29 is 9.15 Å². The van der Waals surface area contributed by atoms with Crippen molar-refractivity contribution >= 4 is 22.5 Å². The van der Waals surface area contributed by atoms with Gasteiger partial charge in [0.1, 0.15) is 5.75 Å². The molecule has 0 radical (unpaired) electrons. The highest BCUT2D eigenvalue weighted by Crippen LogP contribution is 2.21. The Kier molecular flexibility index (Phi) is 4.95. The highest BCUT2D eigenvalue weighted by molar-refractivity contribution is 6.31. The highest BCUT2D eigenvalue weighted by Gasteiger charge is 2.10. The third-order valence-corrected chi connectivity index (χ3v) is 4.44. The Morgan fingerprint density at radius 2 is 1.96 bits per heavy atom. The molecule has 0 saturated heterocycles. The van der Waals surface area contributed by atoms with Crippen LogP contribution in [-0.4, -0.2) is 11.2 Å². The molecular formula is C19H18ClNO4. The zero-order chi connectivity index (χ0) is 18.0. The number of aromatic nitrogens is 1. The Morgan fingerprint density at radius 1 is 1.16 bits per heavy atom. The molecule has 0 spiro atoms. The van der Waals surface area contributed by atoms with Crippen LogP contribution in [0.25, 0.3) is 10.9 Å². The van der Waals surface area contributed by atoms with Gasteiger partial charge in [-0.15, -0.1) is 0 Å². The minimum absolute atomic E-state index is 0.294. The van der Waals surface area contributed by atoms with Gasteiger partial charge in [-0.25, -0.2) is 9.59 Å². The summed E-state index contributed by atoms with van der Waals surface area (Å²) in [5, 5.41) is 0.714. The van der Waals surface area contributed by atoms with E-state index in [9.17, 15) is 9.59 Å². The van der Waals surface area contributed by atoms with Gasteiger partial charge < -0.3 is 9.15 Å². The summed E-state index contributed by atoms with van der Waals surface area (Å²) in [6, 6.07) is 10.7.